The van der Waals surface area contributed by atoms with Crippen molar-refractivity contribution < 1.29 is 0 Å². The topological polar surface area (TPSA) is 53.6 Å². The standard InChI is InChI=1S/C13H24N4/c1-3-7-11-15-12(17-16-11)10-13(14-2)8-5-4-6-9-13/h14H,3-10H2,1-2H3,(H,15,16,17). The maximum Gasteiger partial charge on any atom is 0.150 e. The van der Waals surface area contributed by atoms with Gasteiger partial charge in [-0.1, -0.05) is 26.2 Å². The molecule has 1 heterocycles. The van der Waals surface area contributed by atoms with Crippen molar-refractivity contribution in [1.29, 1.82) is 0 Å². The molecule has 0 unspecified atom stereocenters. The summed E-state index contributed by atoms with van der Waals surface area (Å²) < 4.78 is 0. The van der Waals surface area contributed by atoms with Crippen molar-refractivity contribution in [2.24, 2.45) is 0 Å². The van der Waals surface area contributed by atoms with Gasteiger partial charge in [0.2, 0.25) is 0 Å². The summed E-state index contributed by atoms with van der Waals surface area (Å²) in [4.78, 5) is 4.58. The van der Waals surface area contributed by atoms with Gasteiger partial charge in [-0.15, -0.1) is 0 Å². The molecular weight excluding hydrogens is 212 g/mol. The number of aromatic amines is 1. The van der Waals surface area contributed by atoms with E-state index in [1.807, 2.05) is 0 Å². The van der Waals surface area contributed by atoms with Crippen LogP contribution in [0.15, 0.2) is 0 Å². The molecule has 4 nitrogen and oxygen atoms in total. The van der Waals surface area contributed by atoms with Crippen LogP contribution in [0, 0.1) is 0 Å². The van der Waals surface area contributed by atoms with Crippen LogP contribution in [0.5, 0.6) is 0 Å². The van der Waals surface area contributed by atoms with Crippen LogP contribution in [0.2, 0.25) is 0 Å². The Morgan fingerprint density at radius 1 is 1.29 bits per heavy atom. The van der Waals surface area contributed by atoms with Gasteiger partial charge in [0.25, 0.3) is 0 Å². The summed E-state index contributed by atoms with van der Waals surface area (Å²) in [6.45, 7) is 2.16. The van der Waals surface area contributed by atoms with Gasteiger partial charge in [0.15, 0.2) is 5.82 Å². The Balaban J connectivity index is 2.01. The van der Waals surface area contributed by atoms with Crippen molar-refractivity contribution in [3.8, 4) is 0 Å². The third-order valence-electron chi connectivity index (χ3n) is 3.90. The number of H-pyrrole nitrogens is 1. The molecule has 17 heavy (non-hydrogen) atoms. The van der Waals surface area contributed by atoms with Gasteiger partial charge in [-0.25, -0.2) is 4.98 Å². The van der Waals surface area contributed by atoms with Crippen LogP contribution >= 0.6 is 0 Å². The van der Waals surface area contributed by atoms with E-state index >= 15 is 0 Å². The molecule has 2 rings (SSSR count). The second kappa shape index (κ2) is 5.63. The largest absolute Gasteiger partial charge is 0.314 e. The van der Waals surface area contributed by atoms with E-state index in [2.05, 4.69) is 34.5 Å². The number of hydrogen-bond donors (Lipinski definition) is 2. The fourth-order valence-electron chi connectivity index (χ4n) is 2.81. The molecule has 1 saturated carbocycles. The number of aromatic nitrogens is 3. The molecule has 0 spiro atoms. The maximum atomic E-state index is 4.58. The minimum Gasteiger partial charge on any atom is -0.314 e. The summed E-state index contributed by atoms with van der Waals surface area (Å²) in [5.74, 6) is 2.01. The monoisotopic (exact) mass is 236 g/mol. The fraction of sp³-hybridized carbons (Fsp3) is 0.846. The number of hydrogen-bond acceptors (Lipinski definition) is 3. The third kappa shape index (κ3) is 3.06. The van der Waals surface area contributed by atoms with Crippen molar-refractivity contribution >= 4 is 0 Å². The quantitative estimate of drug-likeness (QED) is 0.824. The number of rotatable bonds is 5. The Morgan fingerprint density at radius 2 is 2.06 bits per heavy atom. The highest BCUT2D eigenvalue weighted by Gasteiger charge is 2.31. The van der Waals surface area contributed by atoms with Crippen LogP contribution in [0.25, 0.3) is 0 Å². The fourth-order valence-corrected chi connectivity index (χ4v) is 2.81. The molecule has 0 bridgehead atoms. The van der Waals surface area contributed by atoms with Gasteiger partial charge in [-0.2, -0.15) is 5.10 Å². The van der Waals surface area contributed by atoms with Crippen LogP contribution in [-0.4, -0.2) is 27.8 Å². The number of nitrogens with one attached hydrogen (secondary N) is 2. The van der Waals surface area contributed by atoms with E-state index in [1.165, 1.54) is 32.1 Å². The lowest BCUT2D eigenvalue weighted by atomic mass is 9.79. The molecule has 0 saturated heterocycles. The Labute approximate surface area is 104 Å². The maximum absolute atomic E-state index is 4.58. The van der Waals surface area contributed by atoms with E-state index < -0.39 is 0 Å². The average molecular weight is 236 g/mol. The summed E-state index contributed by atoms with van der Waals surface area (Å²) in [5, 5.41) is 10.9. The minimum absolute atomic E-state index is 0.251. The predicted molar refractivity (Wildman–Crippen MR) is 69.0 cm³/mol. The first-order chi connectivity index (χ1) is 8.28. The van der Waals surface area contributed by atoms with Gasteiger partial charge in [0.1, 0.15) is 5.82 Å². The van der Waals surface area contributed by atoms with Crippen LogP contribution in [0.4, 0.5) is 0 Å². The molecule has 1 aromatic rings. The van der Waals surface area contributed by atoms with Crippen LogP contribution in [-0.2, 0) is 12.8 Å². The van der Waals surface area contributed by atoms with Gasteiger partial charge in [-0.3, -0.25) is 5.10 Å². The molecule has 1 aliphatic carbocycles. The zero-order valence-electron chi connectivity index (χ0n) is 11.1. The van der Waals surface area contributed by atoms with E-state index in [0.717, 1.165) is 30.9 Å². The molecular formula is C13H24N4. The third-order valence-corrected chi connectivity index (χ3v) is 3.90. The second-order valence-electron chi connectivity index (χ2n) is 5.22. The Hall–Kier alpha value is -0.900. The molecule has 4 heteroatoms. The first-order valence-electron chi connectivity index (χ1n) is 6.87. The summed E-state index contributed by atoms with van der Waals surface area (Å²) in [7, 11) is 2.08. The van der Waals surface area contributed by atoms with Gasteiger partial charge >= 0.3 is 0 Å². The van der Waals surface area contributed by atoms with Gasteiger partial charge in [0.05, 0.1) is 0 Å². The Kier molecular flexibility index (Phi) is 4.15. The Bertz CT molecular complexity index is 339. The van der Waals surface area contributed by atoms with Crippen molar-refractivity contribution in [2.75, 3.05) is 7.05 Å². The van der Waals surface area contributed by atoms with Crippen molar-refractivity contribution in [3.05, 3.63) is 11.6 Å². The van der Waals surface area contributed by atoms with E-state index in [0.29, 0.717) is 0 Å². The van der Waals surface area contributed by atoms with E-state index in [4.69, 9.17) is 0 Å². The second-order valence-corrected chi connectivity index (χ2v) is 5.22. The molecule has 0 aliphatic heterocycles. The SMILES string of the molecule is CCCc1n[nH]c(CC2(NC)CCCCC2)n1. The molecule has 0 atom stereocenters. The molecule has 1 aliphatic rings. The summed E-state index contributed by atoms with van der Waals surface area (Å²) in [6, 6.07) is 0. The molecule has 0 aromatic carbocycles. The number of aryl methyl sites for hydroxylation is 1. The zero-order chi connectivity index (χ0) is 12.1. The first kappa shape index (κ1) is 12.6. The van der Waals surface area contributed by atoms with Crippen LogP contribution in [0.3, 0.4) is 0 Å². The molecule has 96 valence electrons. The summed E-state index contributed by atoms with van der Waals surface area (Å²) >= 11 is 0. The van der Waals surface area contributed by atoms with Crippen molar-refractivity contribution in [3.63, 3.8) is 0 Å². The molecule has 2 N–H and O–H groups in total. The lowest BCUT2D eigenvalue weighted by Gasteiger charge is -2.36. The molecule has 0 radical (unpaired) electrons. The van der Waals surface area contributed by atoms with Crippen LogP contribution < -0.4 is 5.32 Å². The lowest BCUT2D eigenvalue weighted by molar-refractivity contribution is 0.241. The predicted octanol–water partition coefficient (Wildman–Crippen LogP) is 2.22. The van der Waals surface area contributed by atoms with E-state index in [-0.39, 0.29) is 5.54 Å². The zero-order valence-corrected chi connectivity index (χ0v) is 11.1. The smallest absolute Gasteiger partial charge is 0.150 e. The van der Waals surface area contributed by atoms with Crippen LogP contribution in [0.1, 0.15) is 57.1 Å². The highest BCUT2D eigenvalue weighted by Crippen LogP contribution is 2.30. The van der Waals surface area contributed by atoms with E-state index in [1.54, 1.807) is 0 Å². The molecule has 1 fully saturated rings. The number of nitrogens with zero attached hydrogens (tertiary/aromatic N) is 2. The normalized spacial score (nSPS) is 19.4. The molecule has 1 aromatic heterocycles. The van der Waals surface area contributed by atoms with Gasteiger partial charge < -0.3 is 5.32 Å². The minimum atomic E-state index is 0.251. The van der Waals surface area contributed by atoms with Crippen molar-refractivity contribution in [1.82, 2.24) is 20.5 Å². The summed E-state index contributed by atoms with van der Waals surface area (Å²) in [5.41, 5.74) is 0.251. The lowest BCUT2D eigenvalue weighted by Crippen LogP contribution is -2.46. The van der Waals surface area contributed by atoms with Gasteiger partial charge in [0, 0.05) is 18.4 Å². The molecule has 0 amide bonds. The number of likely N-dealkylation sites (N-methyl/N-ethyl adjacent to an activating group) is 1. The van der Waals surface area contributed by atoms with Crippen molar-refractivity contribution in [2.45, 2.75) is 63.8 Å². The highest BCUT2D eigenvalue weighted by molar-refractivity contribution is 5.01. The average Bonchev–Trinajstić information content (AvgIpc) is 2.78. The Morgan fingerprint density at radius 3 is 2.71 bits per heavy atom. The van der Waals surface area contributed by atoms with Gasteiger partial charge in [-0.05, 0) is 26.3 Å². The first-order valence-corrected chi connectivity index (χ1v) is 6.87. The van der Waals surface area contributed by atoms with E-state index in [9.17, 15) is 0 Å². The highest BCUT2D eigenvalue weighted by atomic mass is 15.2. The summed E-state index contributed by atoms with van der Waals surface area (Å²) in [6.07, 6.45) is 9.62.